The zero-order valence-corrected chi connectivity index (χ0v) is 13.7. The van der Waals surface area contributed by atoms with Crippen LogP contribution in [0.3, 0.4) is 0 Å². The molecule has 0 aromatic heterocycles. The van der Waals surface area contributed by atoms with Gasteiger partial charge in [-0.3, -0.25) is 10.1 Å². The molecule has 0 heterocycles. The van der Waals surface area contributed by atoms with Crippen molar-refractivity contribution in [2.45, 2.75) is 54.9 Å². The molecule has 0 aromatic rings. The molecule has 0 saturated carbocycles. The van der Waals surface area contributed by atoms with Crippen molar-refractivity contribution in [2.75, 3.05) is 0 Å². The standard InChI is InChI=1S/C12H7F16NO/c1-3(2)4(30)29-7(16,17)5(13)6(14,15)8(18,19)9(20,21)10(22,23)11(24,25)12(26,27)28/h5H,1H2,2H3,(H,29,30). The van der Waals surface area contributed by atoms with Crippen LogP contribution in [0.2, 0.25) is 0 Å². The molecule has 2 nitrogen and oxygen atoms in total. The molecule has 18 heteroatoms. The molecule has 0 fully saturated rings. The van der Waals surface area contributed by atoms with Gasteiger partial charge in [0.05, 0.1) is 0 Å². The fourth-order valence-electron chi connectivity index (χ4n) is 1.49. The van der Waals surface area contributed by atoms with Gasteiger partial charge in [-0.05, 0) is 6.92 Å². The van der Waals surface area contributed by atoms with Crippen LogP contribution in [0.25, 0.3) is 0 Å². The Kier molecular flexibility index (Phi) is 6.88. The Morgan fingerprint density at radius 3 is 1.33 bits per heavy atom. The molecule has 0 aromatic carbocycles. The topological polar surface area (TPSA) is 29.1 Å². The van der Waals surface area contributed by atoms with E-state index in [0.29, 0.717) is 6.92 Å². The highest BCUT2D eigenvalue weighted by Crippen LogP contribution is 2.61. The Balaban J connectivity index is 6.43. The predicted molar refractivity (Wildman–Crippen MR) is 63.6 cm³/mol. The molecule has 0 aliphatic rings. The summed E-state index contributed by atoms with van der Waals surface area (Å²) in [4.78, 5) is 10.9. The fraction of sp³-hybridized carbons (Fsp3) is 0.750. The van der Waals surface area contributed by atoms with Crippen molar-refractivity contribution < 1.29 is 75.0 Å². The second-order valence-corrected chi connectivity index (χ2v) is 5.64. The number of hydrogen-bond donors (Lipinski definition) is 1. The summed E-state index contributed by atoms with van der Waals surface area (Å²) in [5, 5.41) is -0.0423. The third kappa shape index (κ3) is 4.00. The van der Waals surface area contributed by atoms with Gasteiger partial charge in [-0.15, -0.1) is 0 Å². The van der Waals surface area contributed by atoms with Gasteiger partial charge in [0.1, 0.15) is 0 Å². The third-order valence-corrected chi connectivity index (χ3v) is 3.26. The van der Waals surface area contributed by atoms with Crippen LogP contribution in [-0.4, -0.2) is 53.9 Å². The highest BCUT2D eigenvalue weighted by molar-refractivity contribution is 5.92. The molecule has 0 aliphatic carbocycles. The maximum absolute atomic E-state index is 13.3. The molecule has 1 atom stereocenters. The number of halogens is 16. The lowest BCUT2D eigenvalue weighted by Gasteiger charge is -2.41. The van der Waals surface area contributed by atoms with E-state index < -0.39 is 59.5 Å². The van der Waals surface area contributed by atoms with Gasteiger partial charge >= 0.3 is 41.8 Å². The molecule has 0 aliphatic heterocycles. The van der Waals surface area contributed by atoms with Crippen molar-refractivity contribution in [1.82, 2.24) is 5.32 Å². The van der Waals surface area contributed by atoms with Crippen LogP contribution in [-0.2, 0) is 4.79 Å². The summed E-state index contributed by atoms with van der Waals surface area (Å²) in [6.45, 7) is 3.19. The van der Waals surface area contributed by atoms with Crippen molar-refractivity contribution in [3.05, 3.63) is 12.2 Å². The van der Waals surface area contributed by atoms with Crippen LogP contribution in [0.4, 0.5) is 70.2 Å². The third-order valence-electron chi connectivity index (χ3n) is 3.26. The SMILES string of the molecule is C=C(C)C(=O)NC(F)(F)C(F)C(F)(F)C(F)(F)C(F)(F)C(F)(F)C(F)(F)C(F)(F)F. The van der Waals surface area contributed by atoms with E-state index in [1.807, 2.05) is 0 Å². The van der Waals surface area contributed by atoms with Crippen LogP contribution in [0.15, 0.2) is 12.2 Å². The average Bonchev–Trinajstić information content (AvgIpc) is 2.51. The summed E-state index contributed by atoms with van der Waals surface area (Å²) in [5.41, 5.74) is -1.02. The lowest BCUT2D eigenvalue weighted by molar-refractivity contribution is -0.446. The van der Waals surface area contributed by atoms with E-state index >= 15 is 0 Å². The first-order chi connectivity index (χ1) is 12.7. The Hall–Kier alpha value is -1.91. The van der Waals surface area contributed by atoms with Gasteiger partial charge in [-0.25, -0.2) is 4.39 Å². The fourth-order valence-corrected chi connectivity index (χ4v) is 1.49. The van der Waals surface area contributed by atoms with Gasteiger partial charge < -0.3 is 0 Å². The van der Waals surface area contributed by atoms with E-state index in [2.05, 4.69) is 6.58 Å². The molecule has 0 radical (unpaired) electrons. The van der Waals surface area contributed by atoms with Crippen molar-refractivity contribution >= 4 is 5.91 Å². The first-order valence-electron chi connectivity index (χ1n) is 6.69. The number of hydrogen-bond acceptors (Lipinski definition) is 1. The van der Waals surface area contributed by atoms with Crippen LogP contribution >= 0.6 is 0 Å². The van der Waals surface area contributed by atoms with E-state index in [9.17, 15) is 75.0 Å². The summed E-state index contributed by atoms with van der Waals surface area (Å²) < 4.78 is 206. The zero-order chi connectivity index (χ0) is 24.9. The molecule has 0 spiro atoms. The summed E-state index contributed by atoms with van der Waals surface area (Å²) in [5.74, 6) is -43.1. The summed E-state index contributed by atoms with van der Waals surface area (Å²) in [7, 11) is 0. The quantitative estimate of drug-likeness (QED) is 0.281. The van der Waals surface area contributed by atoms with E-state index in [1.54, 1.807) is 0 Å². The highest BCUT2D eigenvalue weighted by Gasteiger charge is 2.92. The van der Waals surface area contributed by atoms with Crippen LogP contribution < -0.4 is 5.32 Å². The molecule has 0 saturated heterocycles. The van der Waals surface area contributed by atoms with Crippen molar-refractivity contribution in [1.29, 1.82) is 0 Å². The van der Waals surface area contributed by atoms with Crippen molar-refractivity contribution in [3.8, 4) is 0 Å². The Labute approximate surface area is 154 Å². The monoisotopic (exact) mass is 485 g/mol. The number of alkyl halides is 16. The minimum absolute atomic E-state index is 0.0423. The summed E-state index contributed by atoms with van der Waals surface area (Å²) in [6.07, 6.45) is -13.7. The maximum Gasteiger partial charge on any atom is 0.460 e. The van der Waals surface area contributed by atoms with Gasteiger partial charge in [0.25, 0.3) is 12.1 Å². The largest absolute Gasteiger partial charge is 0.460 e. The molecule has 178 valence electrons. The lowest BCUT2D eigenvalue weighted by atomic mass is 9.91. The van der Waals surface area contributed by atoms with Gasteiger partial charge in [0.2, 0.25) is 0 Å². The Morgan fingerprint density at radius 1 is 0.700 bits per heavy atom. The van der Waals surface area contributed by atoms with E-state index in [4.69, 9.17) is 0 Å². The normalized spacial score (nSPS) is 16.3. The second kappa shape index (κ2) is 7.35. The van der Waals surface area contributed by atoms with E-state index in [0.717, 1.165) is 0 Å². The molecular formula is C12H7F16NO. The molecule has 0 rings (SSSR count). The van der Waals surface area contributed by atoms with Gasteiger partial charge in [0.15, 0.2) is 0 Å². The zero-order valence-electron chi connectivity index (χ0n) is 13.7. The predicted octanol–water partition coefficient (Wildman–Crippen LogP) is 5.35. The van der Waals surface area contributed by atoms with Gasteiger partial charge in [-0.2, -0.15) is 65.9 Å². The molecule has 1 unspecified atom stereocenters. The van der Waals surface area contributed by atoms with Gasteiger partial charge in [-0.1, -0.05) is 6.58 Å². The summed E-state index contributed by atoms with van der Waals surface area (Å²) >= 11 is 0. The smallest absolute Gasteiger partial charge is 0.291 e. The number of amides is 1. The van der Waals surface area contributed by atoms with Crippen LogP contribution in [0.5, 0.6) is 0 Å². The molecule has 1 N–H and O–H groups in total. The number of nitrogens with one attached hydrogen (secondary N) is 1. The van der Waals surface area contributed by atoms with E-state index in [-0.39, 0.29) is 5.32 Å². The van der Waals surface area contributed by atoms with Crippen molar-refractivity contribution in [2.24, 2.45) is 0 Å². The Bertz CT molecular complexity index is 678. The number of carbonyl (C=O) groups is 1. The molecule has 0 bridgehead atoms. The van der Waals surface area contributed by atoms with Crippen LogP contribution in [0.1, 0.15) is 6.92 Å². The summed E-state index contributed by atoms with van der Waals surface area (Å²) in [6, 6.07) is -6.24. The highest BCUT2D eigenvalue weighted by atomic mass is 19.4. The molecular weight excluding hydrogens is 478 g/mol. The van der Waals surface area contributed by atoms with Crippen LogP contribution in [0, 0.1) is 0 Å². The maximum atomic E-state index is 13.3. The Morgan fingerprint density at radius 2 is 1.03 bits per heavy atom. The first-order valence-corrected chi connectivity index (χ1v) is 6.69. The second-order valence-electron chi connectivity index (χ2n) is 5.64. The lowest BCUT2D eigenvalue weighted by Crippen LogP contribution is -2.73. The van der Waals surface area contributed by atoms with E-state index in [1.165, 1.54) is 0 Å². The first kappa shape index (κ1) is 28.1. The average molecular weight is 485 g/mol. The number of carbonyl (C=O) groups excluding carboxylic acids is 1. The minimum Gasteiger partial charge on any atom is -0.291 e. The van der Waals surface area contributed by atoms with Crippen molar-refractivity contribution in [3.63, 3.8) is 0 Å². The number of rotatable bonds is 8. The molecule has 1 amide bonds. The minimum atomic E-state index is -8.44. The van der Waals surface area contributed by atoms with Gasteiger partial charge in [0, 0.05) is 5.57 Å². The molecule has 30 heavy (non-hydrogen) atoms.